The zero-order valence-electron chi connectivity index (χ0n) is 42.7. The minimum Gasteiger partial charge on any atom is -0.460 e. The van der Waals surface area contributed by atoms with Crippen LogP contribution in [0, 0.1) is 0 Å². The molecule has 3 atom stereocenters. The van der Waals surface area contributed by atoms with Gasteiger partial charge in [-0.2, -0.15) is 0 Å². The Hall–Kier alpha value is -3.56. The first-order valence-electron chi connectivity index (χ1n) is 25.2. The third-order valence-electron chi connectivity index (χ3n) is 10.9. The number of hydrogen-bond acceptors (Lipinski definition) is 7. The molecule has 3 unspecified atom stereocenters. The Bertz CT molecular complexity index is 1470. The van der Waals surface area contributed by atoms with E-state index < -0.39 is 38.6 Å². The van der Waals surface area contributed by atoms with Gasteiger partial charge in [-0.15, -0.1) is 0 Å². The first kappa shape index (κ1) is 61.4. The highest BCUT2D eigenvalue weighted by atomic mass is 28.4. The van der Waals surface area contributed by atoms with Crippen LogP contribution in [0.25, 0.3) is 0 Å². The highest BCUT2D eigenvalue weighted by Crippen LogP contribution is 2.36. The maximum absolute atomic E-state index is 13.4. The smallest absolute Gasteiger partial charge is 0.335 e. The summed E-state index contributed by atoms with van der Waals surface area (Å²) in [4.78, 5) is 26.5. The van der Waals surface area contributed by atoms with Crippen LogP contribution in [0.15, 0.2) is 122 Å². The molecule has 0 aromatic heterocycles. The van der Waals surface area contributed by atoms with E-state index in [0.29, 0.717) is 26.1 Å². The Kier molecular flexibility index (Phi) is 40.7. The van der Waals surface area contributed by atoms with Crippen molar-refractivity contribution < 1.29 is 33.0 Å². The molecule has 65 heavy (non-hydrogen) atoms. The summed E-state index contributed by atoms with van der Waals surface area (Å²) in [6.45, 7) is 19.9. The molecule has 0 aromatic carbocycles. The number of unbranched alkanes of at least 4 members (excludes halogenated alkanes) is 4. The standard InChI is InChI=1S/C57H94O7Si/c1-10-14-16-18-20-22-24-26-28-30-32-34-36-38-40-42-44-46-48-60-53(12-3)55(58)62-50-52(51-63-65(8,9)57(5,6)7)64-56(59)54(13-4)61-49-47-45-43-41-39-37-35-33-31-29-27-25-23-21-19-17-15-11-2/h14-17,20-23,26-29,32-35,38-41,52-54H,10-13,18-19,24-25,30-31,36-37,42-51H2,1-9H3/b16-14-,17-15-,22-20-,23-21-,28-26-,29-27-,34-32-,35-33-,40-38-,41-39-. The second-order valence-electron chi connectivity index (χ2n) is 17.7. The Labute approximate surface area is 400 Å². The molecule has 0 aliphatic rings. The monoisotopic (exact) mass is 919 g/mol. The van der Waals surface area contributed by atoms with Gasteiger partial charge in [0.1, 0.15) is 6.61 Å². The summed E-state index contributed by atoms with van der Waals surface area (Å²) in [5.41, 5.74) is 0. The molecule has 0 N–H and O–H groups in total. The Balaban J connectivity index is 4.70. The van der Waals surface area contributed by atoms with Gasteiger partial charge in [-0.1, -0.05) is 170 Å². The van der Waals surface area contributed by atoms with Gasteiger partial charge >= 0.3 is 11.9 Å². The van der Waals surface area contributed by atoms with Gasteiger partial charge in [0, 0.05) is 13.2 Å². The third kappa shape index (κ3) is 37.2. The lowest BCUT2D eigenvalue weighted by Gasteiger charge is -2.37. The van der Waals surface area contributed by atoms with Crippen molar-refractivity contribution in [3.8, 4) is 0 Å². The maximum Gasteiger partial charge on any atom is 0.335 e. The van der Waals surface area contributed by atoms with Crippen LogP contribution in [-0.4, -0.2) is 65.0 Å². The van der Waals surface area contributed by atoms with Gasteiger partial charge in [0.15, 0.2) is 26.6 Å². The van der Waals surface area contributed by atoms with Crippen molar-refractivity contribution in [1.82, 2.24) is 0 Å². The molecule has 0 radical (unpaired) electrons. The second kappa shape index (κ2) is 43.0. The van der Waals surface area contributed by atoms with Crippen LogP contribution in [-0.2, 0) is 33.0 Å². The quantitative estimate of drug-likeness (QED) is 0.0262. The molecule has 8 heteroatoms. The fourth-order valence-electron chi connectivity index (χ4n) is 5.76. The van der Waals surface area contributed by atoms with Gasteiger partial charge in [0.25, 0.3) is 0 Å². The van der Waals surface area contributed by atoms with Gasteiger partial charge in [-0.3, -0.25) is 0 Å². The number of esters is 2. The molecule has 0 saturated carbocycles. The molecule has 0 saturated heterocycles. The number of allylic oxidation sites excluding steroid dienone is 20. The Morgan fingerprint density at radius 3 is 1.14 bits per heavy atom. The van der Waals surface area contributed by atoms with Gasteiger partial charge in [-0.05, 0) is 134 Å². The lowest BCUT2D eigenvalue weighted by atomic mass is 10.2. The number of ether oxygens (including phenoxy) is 4. The van der Waals surface area contributed by atoms with Crippen LogP contribution >= 0.6 is 0 Å². The van der Waals surface area contributed by atoms with Crippen LogP contribution in [0.2, 0.25) is 18.1 Å². The van der Waals surface area contributed by atoms with Crippen molar-refractivity contribution in [2.45, 2.75) is 200 Å². The van der Waals surface area contributed by atoms with Crippen LogP contribution in [0.5, 0.6) is 0 Å². The van der Waals surface area contributed by atoms with Crippen LogP contribution in [0.1, 0.15) is 164 Å². The topological polar surface area (TPSA) is 80.3 Å². The predicted octanol–water partition coefficient (Wildman–Crippen LogP) is 15.9. The van der Waals surface area contributed by atoms with E-state index in [9.17, 15) is 9.59 Å². The summed E-state index contributed by atoms with van der Waals surface area (Å²) in [5.74, 6) is -0.907. The van der Waals surface area contributed by atoms with Crippen molar-refractivity contribution in [3.63, 3.8) is 0 Å². The Morgan fingerprint density at radius 1 is 0.462 bits per heavy atom. The van der Waals surface area contributed by atoms with E-state index in [-0.39, 0.29) is 18.3 Å². The highest BCUT2D eigenvalue weighted by molar-refractivity contribution is 6.74. The van der Waals surface area contributed by atoms with Crippen molar-refractivity contribution in [2.75, 3.05) is 26.4 Å². The van der Waals surface area contributed by atoms with E-state index in [1.807, 2.05) is 13.8 Å². The van der Waals surface area contributed by atoms with E-state index in [4.69, 9.17) is 23.4 Å². The average Bonchev–Trinajstić information content (AvgIpc) is 3.28. The van der Waals surface area contributed by atoms with Gasteiger partial charge in [0.2, 0.25) is 0 Å². The van der Waals surface area contributed by atoms with Crippen molar-refractivity contribution in [2.24, 2.45) is 0 Å². The van der Waals surface area contributed by atoms with Gasteiger partial charge in [-0.25, -0.2) is 9.59 Å². The first-order chi connectivity index (χ1) is 31.4. The molecule has 0 spiro atoms. The molecular weight excluding hydrogens is 825 g/mol. The average molecular weight is 919 g/mol. The molecule has 0 aliphatic carbocycles. The van der Waals surface area contributed by atoms with Crippen molar-refractivity contribution in [3.05, 3.63) is 122 Å². The zero-order valence-corrected chi connectivity index (χ0v) is 43.7. The maximum atomic E-state index is 13.4. The molecule has 0 rings (SSSR count). The van der Waals surface area contributed by atoms with E-state index in [2.05, 4.69) is 169 Å². The normalized spacial score (nSPS) is 14.8. The molecule has 7 nitrogen and oxygen atoms in total. The summed E-state index contributed by atoms with van der Waals surface area (Å²) in [6.07, 6.45) is 58.4. The lowest BCUT2D eigenvalue weighted by Crippen LogP contribution is -2.45. The van der Waals surface area contributed by atoms with Gasteiger partial charge < -0.3 is 23.4 Å². The number of carbonyl (C=O) groups is 2. The molecule has 0 bridgehead atoms. The van der Waals surface area contributed by atoms with E-state index >= 15 is 0 Å². The minimum atomic E-state index is -2.17. The highest BCUT2D eigenvalue weighted by Gasteiger charge is 2.38. The second-order valence-corrected chi connectivity index (χ2v) is 22.5. The van der Waals surface area contributed by atoms with E-state index in [1.165, 1.54) is 0 Å². The molecular formula is C57H94O7Si. The van der Waals surface area contributed by atoms with Crippen LogP contribution in [0.4, 0.5) is 0 Å². The summed E-state index contributed by atoms with van der Waals surface area (Å²) < 4.78 is 30.0. The number of carbonyl (C=O) groups excluding carboxylic acids is 2. The summed E-state index contributed by atoms with van der Waals surface area (Å²) >= 11 is 0. The van der Waals surface area contributed by atoms with E-state index in [0.717, 1.165) is 103 Å². The van der Waals surface area contributed by atoms with Crippen molar-refractivity contribution in [1.29, 1.82) is 0 Å². The fraction of sp³-hybridized carbons (Fsp3) is 0.614. The van der Waals surface area contributed by atoms with Gasteiger partial charge in [0.05, 0.1) is 6.61 Å². The molecule has 0 fully saturated rings. The molecule has 0 heterocycles. The summed E-state index contributed by atoms with van der Waals surface area (Å²) in [6, 6.07) is 0. The number of hydrogen-bond donors (Lipinski definition) is 0. The zero-order chi connectivity index (χ0) is 48.1. The summed E-state index contributed by atoms with van der Waals surface area (Å²) in [7, 11) is -2.17. The SMILES string of the molecule is CC/C=C\C/C=C\C/C=C\C/C=C\C/C=C\CCCCOC(CC)C(=O)OCC(CO[Si](C)(C)C(C)(C)C)OC(=O)C(CC)OCCCC/C=C\C/C=C\C/C=C\C/C=C\C/C=C\CC. The van der Waals surface area contributed by atoms with E-state index in [1.54, 1.807) is 0 Å². The minimum absolute atomic E-state index is 0.0328. The first-order valence-corrected chi connectivity index (χ1v) is 28.1. The molecule has 0 amide bonds. The lowest BCUT2D eigenvalue weighted by molar-refractivity contribution is -0.175. The third-order valence-corrected chi connectivity index (χ3v) is 15.4. The Morgan fingerprint density at radius 2 is 0.800 bits per heavy atom. The summed E-state index contributed by atoms with van der Waals surface area (Å²) in [5, 5.41) is -0.0328. The van der Waals surface area contributed by atoms with Crippen LogP contribution < -0.4 is 0 Å². The van der Waals surface area contributed by atoms with Crippen molar-refractivity contribution >= 4 is 20.3 Å². The fourth-order valence-corrected chi connectivity index (χ4v) is 6.80. The number of rotatable bonds is 40. The van der Waals surface area contributed by atoms with Crippen LogP contribution in [0.3, 0.4) is 0 Å². The molecule has 0 aliphatic heterocycles. The molecule has 368 valence electrons. The molecule has 0 aromatic rings. The largest absolute Gasteiger partial charge is 0.460 e. The predicted molar refractivity (Wildman–Crippen MR) is 281 cm³/mol.